The summed E-state index contributed by atoms with van der Waals surface area (Å²) in [6.07, 6.45) is -2.63. The lowest BCUT2D eigenvalue weighted by Gasteiger charge is -2.11. The molecule has 0 aliphatic carbocycles. The number of aryl methyl sites for hydroxylation is 1. The highest BCUT2D eigenvalue weighted by Gasteiger charge is 2.29. The zero-order chi connectivity index (χ0) is 19.4. The van der Waals surface area contributed by atoms with E-state index in [0.29, 0.717) is 12.4 Å². The van der Waals surface area contributed by atoms with Crippen LogP contribution in [0.25, 0.3) is 11.1 Å². The smallest absolute Gasteiger partial charge is 0.388 e. The van der Waals surface area contributed by atoms with E-state index < -0.39 is 11.7 Å². The Hall–Kier alpha value is -2.67. The van der Waals surface area contributed by atoms with Gasteiger partial charge in [-0.1, -0.05) is 43.3 Å². The standard InChI is InChI=1S/C20H20F3N3O/c1-2-3-18-24-25-19(13-27)26(18)12-14-4-6-15(7-5-14)16-8-10-17(11-9-16)20(21,22)23/h4-11,27H,2-3,12-13H2,1H3. The minimum atomic E-state index is -4.33. The summed E-state index contributed by atoms with van der Waals surface area (Å²) in [5.41, 5.74) is 1.90. The van der Waals surface area contributed by atoms with Crippen LogP contribution in [0.4, 0.5) is 13.2 Å². The van der Waals surface area contributed by atoms with Crippen molar-refractivity contribution < 1.29 is 18.3 Å². The van der Waals surface area contributed by atoms with E-state index >= 15 is 0 Å². The normalized spacial score (nSPS) is 11.7. The second-order valence-electron chi connectivity index (χ2n) is 6.30. The molecule has 0 saturated heterocycles. The summed E-state index contributed by atoms with van der Waals surface area (Å²) in [6, 6.07) is 12.7. The zero-order valence-electron chi connectivity index (χ0n) is 14.9. The maximum atomic E-state index is 12.7. The number of alkyl halides is 3. The lowest BCUT2D eigenvalue weighted by molar-refractivity contribution is -0.137. The molecule has 0 amide bonds. The first-order valence-electron chi connectivity index (χ1n) is 8.70. The second kappa shape index (κ2) is 7.92. The van der Waals surface area contributed by atoms with Crippen molar-refractivity contribution in [2.75, 3.05) is 0 Å². The molecule has 0 bridgehead atoms. The predicted molar refractivity (Wildman–Crippen MR) is 95.9 cm³/mol. The molecule has 142 valence electrons. The van der Waals surface area contributed by atoms with Crippen molar-refractivity contribution in [2.24, 2.45) is 0 Å². The second-order valence-corrected chi connectivity index (χ2v) is 6.30. The van der Waals surface area contributed by atoms with Crippen LogP contribution in [0.5, 0.6) is 0 Å². The number of hydrogen-bond acceptors (Lipinski definition) is 3. The van der Waals surface area contributed by atoms with E-state index in [0.717, 1.165) is 47.5 Å². The van der Waals surface area contributed by atoms with Gasteiger partial charge in [-0.25, -0.2) is 0 Å². The van der Waals surface area contributed by atoms with Crippen LogP contribution in [0.1, 0.15) is 36.1 Å². The fourth-order valence-corrected chi connectivity index (χ4v) is 2.92. The Bertz CT molecular complexity index is 884. The number of halogens is 3. The first-order valence-corrected chi connectivity index (χ1v) is 8.70. The molecule has 1 heterocycles. The molecule has 1 aromatic heterocycles. The quantitative estimate of drug-likeness (QED) is 0.692. The Balaban J connectivity index is 1.79. The number of aromatic nitrogens is 3. The Morgan fingerprint density at radius 2 is 1.44 bits per heavy atom. The maximum absolute atomic E-state index is 12.7. The van der Waals surface area contributed by atoms with Gasteiger partial charge in [0.15, 0.2) is 5.82 Å². The molecule has 0 atom stereocenters. The number of nitrogens with zero attached hydrogens (tertiary/aromatic N) is 3. The molecule has 0 radical (unpaired) electrons. The summed E-state index contributed by atoms with van der Waals surface area (Å²) in [7, 11) is 0. The van der Waals surface area contributed by atoms with Crippen LogP contribution in [0.3, 0.4) is 0 Å². The molecule has 0 spiro atoms. The molecule has 0 aliphatic rings. The molecule has 3 rings (SSSR count). The molecular formula is C20H20F3N3O. The Morgan fingerprint density at radius 3 is 1.96 bits per heavy atom. The van der Waals surface area contributed by atoms with E-state index in [1.165, 1.54) is 12.1 Å². The third-order valence-corrected chi connectivity index (χ3v) is 4.36. The zero-order valence-corrected chi connectivity index (χ0v) is 14.9. The van der Waals surface area contributed by atoms with Crippen LogP contribution in [-0.2, 0) is 25.7 Å². The van der Waals surface area contributed by atoms with Crippen LogP contribution >= 0.6 is 0 Å². The fourth-order valence-electron chi connectivity index (χ4n) is 2.92. The number of hydrogen-bond donors (Lipinski definition) is 1. The lowest BCUT2D eigenvalue weighted by atomic mass is 10.0. The van der Waals surface area contributed by atoms with E-state index in [4.69, 9.17) is 0 Å². The van der Waals surface area contributed by atoms with E-state index in [1.54, 1.807) is 0 Å². The number of aliphatic hydroxyl groups is 1. The number of rotatable bonds is 6. The van der Waals surface area contributed by atoms with Gasteiger partial charge in [-0.2, -0.15) is 13.2 Å². The number of aliphatic hydroxyl groups excluding tert-OH is 1. The summed E-state index contributed by atoms with van der Waals surface area (Å²) in [5.74, 6) is 1.35. The van der Waals surface area contributed by atoms with E-state index in [1.807, 2.05) is 28.8 Å². The van der Waals surface area contributed by atoms with Gasteiger partial charge in [0.25, 0.3) is 0 Å². The van der Waals surface area contributed by atoms with Crippen LogP contribution in [0.2, 0.25) is 0 Å². The summed E-state index contributed by atoms with van der Waals surface area (Å²) >= 11 is 0. The third-order valence-electron chi connectivity index (χ3n) is 4.36. The largest absolute Gasteiger partial charge is 0.416 e. The van der Waals surface area contributed by atoms with Gasteiger partial charge in [0.1, 0.15) is 12.4 Å². The highest BCUT2D eigenvalue weighted by Crippen LogP contribution is 2.31. The highest BCUT2D eigenvalue weighted by molar-refractivity contribution is 5.64. The molecule has 0 aliphatic heterocycles. The highest BCUT2D eigenvalue weighted by atomic mass is 19.4. The van der Waals surface area contributed by atoms with E-state index in [2.05, 4.69) is 17.1 Å². The van der Waals surface area contributed by atoms with Gasteiger partial charge in [-0.3, -0.25) is 0 Å². The topological polar surface area (TPSA) is 50.9 Å². The minimum Gasteiger partial charge on any atom is -0.388 e. The molecule has 2 aromatic carbocycles. The monoisotopic (exact) mass is 375 g/mol. The molecule has 7 heteroatoms. The van der Waals surface area contributed by atoms with Crippen molar-refractivity contribution in [3.63, 3.8) is 0 Å². The first kappa shape index (κ1) is 19.1. The summed E-state index contributed by atoms with van der Waals surface area (Å²) < 4.78 is 39.9. The van der Waals surface area contributed by atoms with Crippen molar-refractivity contribution >= 4 is 0 Å². The van der Waals surface area contributed by atoms with E-state index in [-0.39, 0.29) is 6.61 Å². The van der Waals surface area contributed by atoms with Gasteiger partial charge in [0, 0.05) is 6.42 Å². The molecule has 4 nitrogen and oxygen atoms in total. The molecule has 0 saturated carbocycles. The van der Waals surface area contributed by atoms with Crippen LogP contribution in [-0.4, -0.2) is 19.9 Å². The molecule has 3 aromatic rings. The minimum absolute atomic E-state index is 0.180. The summed E-state index contributed by atoms with van der Waals surface area (Å²) in [6.45, 7) is 2.41. The maximum Gasteiger partial charge on any atom is 0.416 e. The van der Waals surface area contributed by atoms with Crippen LogP contribution in [0.15, 0.2) is 48.5 Å². The lowest BCUT2D eigenvalue weighted by Crippen LogP contribution is -2.09. The molecule has 0 fully saturated rings. The Kier molecular flexibility index (Phi) is 5.60. The summed E-state index contributed by atoms with van der Waals surface area (Å²) in [5, 5.41) is 17.6. The SMILES string of the molecule is CCCc1nnc(CO)n1Cc1ccc(-c2ccc(C(F)(F)F)cc2)cc1. The molecular weight excluding hydrogens is 355 g/mol. The van der Waals surface area contributed by atoms with Crippen molar-refractivity contribution in [3.8, 4) is 11.1 Å². The molecule has 0 unspecified atom stereocenters. The van der Waals surface area contributed by atoms with Crippen LogP contribution < -0.4 is 0 Å². The average molecular weight is 375 g/mol. The van der Waals surface area contributed by atoms with Crippen molar-refractivity contribution in [1.82, 2.24) is 14.8 Å². The van der Waals surface area contributed by atoms with Gasteiger partial charge in [0.2, 0.25) is 0 Å². The van der Waals surface area contributed by atoms with Gasteiger partial charge >= 0.3 is 6.18 Å². The Morgan fingerprint density at radius 1 is 0.889 bits per heavy atom. The van der Waals surface area contributed by atoms with Crippen LogP contribution in [0, 0.1) is 0 Å². The van der Waals surface area contributed by atoms with Crippen molar-refractivity contribution in [3.05, 3.63) is 71.3 Å². The van der Waals surface area contributed by atoms with E-state index in [9.17, 15) is 18.3 Å². The van der Waals surface area contributed by atoms with Gasteiger partial charge in [-0.15, -0.1) is 10.2 Å². The Labute approximate surface area is 155 Å². The molecule has 27 heavy (non-hydrogen) atoms. The predicted octanol–water partition coefficient (Wildman–Crippen LogP) is 4.46. The van der Waals surface area contributed by atoms with Gasteiger partial charge in [-0.05, 0) is 35.2 Å². The first-order chi connectivity index (χ1) is 12.9. The fraction of sp³-hybridized carbons (Fsp3) is 0.300. The van der Waals surface area contributed by atoms with Crippen molar-refractivity contribution in [1.29, 1.82) is 0 Å². The van der Waals surface area contributed by atoms with Crippen molar-refractivity contribution in [2.45, 2.75) is 39.1 Å². The molecule has 1 N–H and O–H groups in total. The summed E-state index contributed by atoms with van der Waals surface area (Å²) in [4.78, 5) is 0. The average Bonchev–Trinajstić information content (AvgIpc) is 3.04. The van der Waals surface area contributed by atoms with Gasteiger partial charge < -0.3 is 9.67 Å². The van der Waals surface area contributed by atoms with Gasteiger partial charge in [0.05, 0.1) is 12.1 Å². The third kappa shape index (κ3) is 4.36. The number of benzene rings is 2.